The second-order valence-electron chi connectivity index (χ2n) is 18.0. The van der Waals surface area contributed by atoms with Gasteiger partial charge in [-0.05, 0) is 139 Å². The van der Waals surface area contributed by atoms with Crippen LogP contribution < -0.4 is 0 Å². The Bertz CT molecular complexity index is 3590. The molecular formula is C63H44IrN3-. The Morgan fingerprint density at radius 1 is 0.433 bits per heavy atom. The molecule has 0 saturated heterocycles. The summed E-state index contributed by atoms with van der Waals surface area (Å²) in [5.41, 5.74) is 23.2. The Morgan fingerprint density at radius 2 is 1.03 bits per heavy atom. The molecule has 13 rings (SSSR count). The van der Waals surface area contributed by atoms with Crippen molar-refractivity contribution in [1.29, 1.82) is 0 Å². The summed E-state index contributed by atoms with van der Waals surface area (Å²) in [5, 5.41) is 2.45. The van der Waals surface area contributed by atoms with Gasteiger partial charge in [0.25, 0.3) is 0 Å². The quantitative estimate of drug-likeness (QED) is 0.149. The van der Waals surface area contributed by atoms with Crippen molar-refractivity contribution in [2.75, 3.05) is 0 Å². The maximum atomic E-state index is 4.63. The molecule has 2 aliphatic carbocycles. The van der Waals surface area contributed by atoms with Crippen LogP contribution in [0, 0.1) is 6.07 Å². The predicted molar refractivity (Wildman–Crippen MR) is 273 cm³/mol. The molecule has 0 N–H and O–H groups in total. The summed E-state index contributed by atoms with van der Waals surface area (Å²) in [4.78, 5) is 9.20. The van der Waals surface area contributed by atoms with Crippen LogP contribution >= 0.6 is 0 Å². The van der Waals surface area contributed by atoms with Gasteiger partial charge in [-0.15, -0.1) is 35.4 Å². The maximum absolute atomic E-state index is 4.63. The third kappa shape index (κ3) is 6.82. The van der Waals surface area contributed by atoms with Gasteiger partial charge in [0.2, 0.25) is 0 Å². The Labute approximate surface area is 404 Å². The number of hydrogen-bond donors (Lipinski definition) is 0. The molecule has 0 bridgehead atoms. The van der Waals surface area contributed by atoms with Gasteiger partial charge in [-0.2, -0.15) is 0 Å². The fourth-order valence-electron chi connectivity index (χ4n) is 11.4. The average molecular weight is 1040 g/mol. The van der Waals surface area contributed by atoms with E-state index in [4.69, 9.17) is 0 Å². The second-order valence-corrected chi connectivity index (χ2v) is 18.0. The molecule has 67 heavy (non-hydrogen) atoms. The van der Waals surface area contributed by atoms with E-state index in [1.807, 2.05) is 42.9 Å². The summed E-state index contributed by atoms with van der Waals surface area (Å²) < 4.78 is 2.37. The zero-order valence-corrected chi connectivity index (χ0v) is 39.2. The minimum Gasteiger partial charge on any atom is -0.308 e. The van der Waals surface area contributed by atoms with Crippen molar-refractivity contribution in [3.63, 3.8) is 0 Å². The van der Waals surface area contributed by atoms with Crippen LogP contribution in [0.1, 0.15) is 36.8 Å². The number of fused-ring (bicyclic) bond motifs is 8. The monoisotopic (exact) mass is 1040 g/mol. The summed E-state index contributed by atoms with van der Waals surface area (Å²) in [6.07, 6.45) is 10.5. The van der Waals surface area contributed by atoms with E-state index in [9.17, 15) is 0 Å². The summed E-state index contributed by atoms with van der Waals surface area (Å²) >= 11 is 0. The molecule has 4 heteroatoms. The van der Waals surface area contributed by atoms with Gasteiger partial charge in [-0.3, -0.25) is 4.98 Å². The molecule has 3 heterocycles. The number of pyridine rings is 2. The zero-order chi connectivity index (χ0) is 43.6. The summed E-state index contributed by atoms with van der Waals surface area (Å²) in [6.45, 7) is 0. The first-order valence-corrected chi connectivity index (χ1v) is 23.2. The fraction of sp³-hybridized carbons (Fsp3) is 0.0794. The van der Waals surface area contributed by atoms with Crippen LogP contribution in [0.3, 0.4) is 0 Å². The number of nitrogens with zero attached hydrogens (tertiary/aromatic N) is 3. The van der Waals surface area contributed by atoms with Crippen molar-refractivity contribution in [3.05, 3.63) is 236 Å². The zero-order valence-electron chi connectivity index (χ0n) is 36.8. The third-order valence-electron chi connectivity index (χ3n) is 14.4. The number of para-hydroxylation sites is 1. The van der Waals surface area contributed by atoms with E-state index in [1.54, 1.807) is 0 Å². The molecule has 0 amide bonds. The SMILES string of the molecule is [Ir].[c-]1ccc(-c2ccc(-c3ccccc3)c(-c3ccc4c(c3)C3(CCCC3)c3cc(-c5ccc(-n6c7ccccc7c7ccncc76)cc5-c5ccccc5)ccc3-4)c2)cc1-c1ccccn1. The third-order valence-corrected chi connectivity index (χ3v) is 14.4. The first-order valence-electron chi connectivity index (χ1n) is 23.2. The Balaban J connectivity index is 0.00000468. The number of aromatic nitrogens is 3. The first kappa shape index (κ1) is 41.0. The molecule has 2 aliphatic rings. The van der Waals surface area contributed by atoms with Crippen molar-refractivity contribution in [2.24, 2.45) is 0 Å². The van der Waals surface area contributed by atoms with Gasteiger partial charge in [-0.1, -0.05) is 146 Å². The van der Waals surface area contributed by atoms with Crippen LogP contribution in [-0.2, 0) is 25.5 Å². The van der Waals surface area contributed by atoms with Crippen LogP contribution in [0.15, 0.2) is 219 Å². The number of hydrogen-bond acceptors (Lipinski definition) is 2. The van der Waals surface area contributed by atoms with E-state index in [1.165, 1.54) is 101 Å². The van der Waals surface area contributed by atoms with E-state index in [2.05, 4.69) is 197 Å². The van der Waals surface area contributed by atoms with Gasteiger partial charge in [0.15, 0.2) is 0 Å². The molecular weight excluding hydrogens is 991 g/mol. The first-order chi connectivity index (χ1) is 32.7. The van der Waals surface area contributed by atoms with Crippen LogP contribution in [0.25, 0.3) is 106 Å². The molecule has 1 saturated carbocycles. The molecule has 1 spiro atoms. The molecule has 11 aromatic rings. The summed E-state index contributed by atoms with van der Waals surface area (Å²) in [5.74, 6) is 0. The molecule has 1 radical (unpaired) electrons. The van der Waals surface area contributed by atoms with Gasteiger partial charge in [0.05, 0.1) is 17.2 Å². The molecule has 321 valence electrons. The van der Waals surface area contributed by atoms with E-state index >= 15 is 0 Å². The number of rotatable bonds is 7. The predicted octanol–water partition coefficient (Wildman–Crippen LogP) is 16.2. The van der Waals surface area contributed by atoms with E-state index in [0.717, 1.165) is 40.9 Å². The maximum Gasteiger partial charge on any atom is 0.0724 e. The second kappa shape index (κ2) is 16.7. The van der Waals surface area contributed by atoms with Crippen molar-refractivity contribution in [3.8, 4) is 83.7 Å². The van der Waals surface area contributed by atoms with Crippen LogP contribution in [-0.4, -0.2) is 14.5 Å². The van der Waals surface area contributed by atoms with E-state index < -0.39 is 0 Å². The largest absolute Gasteiger partial charge is 0.308 e. The van der Waals surface area contributed by atoms with E-state index in [0.29, 0.717) is 0 Å². The van der Waals surface area contributed by atoms with Crippen molar-refractivity contribution in [1.82, 2.24) is 14.5 Å². The van der Waals surface area contributed by atoms with Gasteiger partial charge in [0.1, 0.15) is 0 Å². The van der Waals surface area contributed by atoms with Crippen LogP contribution in [0.5, 0.6) is 0 Å². The minimum atomic E-state index is -0.0448. The smallest absolute Gasteiger partial charge is 0.0724 e. The molecule has 3 aromatic heterocycles. The van der Waals surface area contributed by atoms with Crippen molar-refractivity contribution >= 4 is 21.8 Å². The molecule has 8 aromatic carbocycles. The molecule has 0 aliphatic heterocycles. The van der Waals surface area contributed by atoms with Gasteiger partial charge < -0.3 is 9.55 Å². The van der Waals surface area contributed by atoms with Crippen LogP contribution in [0.2, 0.25) is 0 Å². The van der Waals surface area contributed by atoms with Gasteiger partial charge >= 0.3 is 0 Å². The molecule has 0 unspecified atom stereocenters. The minimum absolute atomic E-state index is 0. The van der Waals surface area contributed by atoms with E-state index in [-0.39, 0.29) is 25.5 Å². The molecule has 0 atom stereocenters. The molecule has 3 nitrogen and oxygen atoms in total. The fourth-order valence-corrected chi connectivity index (χ4v) is 11.4. The van der Waals surface area contributed by atoms with Crippen molar-refractivity contribution in [2.45, 2.75) is 31.1 Å². The standard InChI is InChI=1S/C63H44N3.Ir/c1-3-14-42(15-4-1)50-27-23-45(44-18-13-19-48(36-44)60-21-9-12-34-65-60)37-56(50)47-25-29-53-52-28-24-46(38-58(52)63(59(53)39-47)32-10-11-33-63)51-30-26-49(40-57(51)43-16-5-2-6-17-43)66-61-22-8-7-20-54(61)55-31-35-64-41-62(55)66;/h1-9,12-18,20-31,34-41H,10-11,32-33H2;/q-1;. The number of benzene rings is 8. The average Bonchev–Trinajstić information content (AvgIpc) is 4.10. The Kier molecular flexibility index (Phi) is 10.2. The van der Waals surface area contributed by atoms with Gasteiger partial charge in [0, 0.05) is 54.4 Å². The normalized spacial score (nSPS) is 13.4. The van der Waals surface area contributed by atoms with Gasteiger partial charge in [-0.25, -0.2) is 0 Å². The Hall–Kier alpha value is -7.49. The Morgan fingerprint density at radius 3 is 1.78 bits per heavy atom. The summed E-state index contributed by atoms with van der Waals surface area (Å²) in [6, 6.07) is 77.1. The molecule has 1 fully saturated rings. The summed E-state index contributed by atoms with van der Waals surface area (Å²) in [7, 11) is 0. The topological polar surface area (TPSA) is 30.7 Å². The van der Waals surface area contributed by atoms with Crippen LogP contribution in [0.4, 0.5) is 0 Å². The van der Waals surface area contributed by atoms with Crippen molar-refractivity contribution < 1.29 is 20.1 Å².